The highest BCUT2D eigenvalue weighted by Gasteiger charge is 2.10. The molecule has 0 bridgehead atoms. The monoisotopic (exact) mass is 353 g/mol. The standard InChI is InChI=1S/C16H17BrClNO/c1-3-19-10-12-5-4-6-15(18)16(12)20-13-7-8-14(17)11(2)9-13/h4-9,19H,3,10H2,1-2H3. The summed E-state index contributed by atoms with van der Waals surface area (Å²) in [5, 5.41) is 3.92. The second-order valence-electron chi connectivity index (χ2n) is 4.52. The second-order valence-corrected chi connectivity index (χ2v) is 5.78. The lowest BCUT2D eigenvalue weighted by atomic mass is 10.2. The van der Waals surface area contributed by atoms with E-state index in [-0.39, 0.29) is 0 Å². The lowest BCUT2D eigenvalue weighted by Crippen LogP contribution is -2.12. The van der Waals surface area contributed by atoms with E-state index >= 15 is 0 Å². The lowest BCUT2D eigenvalue weighted by molar-refractivity contribution is 0.473. The molecule has 0 radical (unpaired) electrons. The fraction of sp³-hybridized carbons (Fsp3) is 0.250. The number of halogens is 2. The van der Waals surface area contributed by atoms with Gasteiger partial charge in [0.15, 0.2) is 0 Å². The van der Waals surface area contributed by atoms with E-state index in [1.54, 1.807) is 0 Å². The van der Waals surface area contributed by atoms with Crippen LogP contribution in [-0.4, -0.2) is 6.54 Å². The molecule has 20 heavy (non-hydrogen) atoms. The summed E-state index contributed by atoms with van der Waals surface area (Å²) in [6, 6.07) is 11.7. The van der Waals surface area contributed by atoms with Crippen molar-refractivity contribution in [1.29, 1.82) is 0 Å². The highest BCUT2D eigenvalue weighted by atomic mass is 79.9. The molecular formula is C16H17BrClNO. The fourth-order valence-electron chi connectivity index (χ4n) is 1.87. The average molecular weight is 355 g/mol. The van der Waals surface area contributed by atoms with Crippen molar-refractivity contribution in [2.24, 2.45) is 0 Å². The van der Waals surface area contributed by atoms with Gasteiger partial charge in [0.05, 0.1) is 5.02 Å². The molecule has 0 heterocycles. The molecule has 0 aromatic heterocycles. The van der Waals surface area contributed by atoms with Crippen LogP contribution >= 0.6 is 27.5 Å². The molecule has 0 unspecified atom stereocenters. The molecule has 0 aliphatic rings. The predicted molar refractivity (Wildman–Crippen MR) is 87.8 cm³/mol. The first-order chi connectivity index (χ1) is 9.61. The topological polar surface area (TPSA) is 21.3 Å². The van der Waals surface area contributed by atoms with Gasteiger partial charge in [-0.25, -0.2) is 0 Å². The second kappa shape index (κ2) is 7.11. The molecular weight excluding hydrogens is 338 g/mol. The molecule has 0 saturated heterocycles. The number of rotatable bonds is 5. The summed E-state index contributed by atoms with van der Waals surface area (Å²) in [6.07, 6.45) is 0. The Morgan fingerprint density at radius 1 is 1.25 bits per heavy atom. The first kappa shape index (κ1) is 15.4. The summed E-state index contributed by atoms with van der Waals surface area (Å²) in [5.41, 5.74) is 2.18. The van der Waals surface area contributed by atoms with E-state index in [0.29, 0.717) is 5.02 Å². The number of para-hydroxylation sites is 1. The number of nitrogens with one attached hydrogen (secondary N) is 1. The minimum absolute atomic E-state index is 0.626. The van der Waals surface area contributed by atoms with Crippen LogP contribution in [0.1, 0.15) is 18.1 Å². The molecule has 0 spiro atoms. The van der Waals surface area contributed by atoms with Crippen LogP contribution in [0.3, 0.4) is 0 Å². The van der Waals surface area contributed by atoms with Crippen LogP contribution in [0.15, 0.2) is 40.9 Å². The largest absolute Gasteiger partial charge is 0.455 e. The normalized spacial score (nSPS) is 10.6. The third-order valence-electron chi connectivity index (χ3n) is 2.96. The third kappa shape index (κ3) is 3.75. The number of aryl methyl sites for hydroxylation is 1. The van der Waals surface area contributed by atoms with Crippen LogP contribution in [0.2, 0.25) is 5.02 Å². The van der Waals surface area contributed by atoms with Crippen LogP contribution in [0.5, 0.6) is 11.5 Å². The van der Waals surface area contributed by atoms with Crippen LogP contribution in [0, 0.1) is 6.92 Å². The Kier molecular flexibility index (Phi) is 5.46. The van der Waals surface area contributed by atoms with E-state index in [1.807, 2.05) is 43.3 Å². The van der Waals surface area contributed by atoms with E-state index in [9.17, 15) is 0 Å². The molecule has 0 fully saturated rings. The average Bonchev–Trinajstić information content (AvgIpc) is 2.43. The van der Waals surface area contributed by atoms with E-state index in [2.05, 4.69) is 28.2 Å². The minimum Gasteiger partial charge on any atom is -0.455 e. The maximum absolute atomic E-state index is 6.27. The Hall–Kier alpha value is -1.03. The van der Waals surface area contributed by atoms with Crippen molar-refractivity contribution in [3.8, 4) is 11.5 Å². The maximum Gasteiger partial charge on any atom is 0.150 e. The highest BCUT2D eigenvalue weighted by molar-refractivity contribution is 9.10. The first-order valence-corrected chi connectivity index (χ1v) is 7.71. The molecule has 106 valence electrons. The third-order valence-corrected chi connectivity index (χ3v) is 4.15. The minimum atomic E-state index is 0.626. The zero-order chi connectivity index (χ0) is 14.5. The fourth-order valence-corrected chi connectivity index (χ4v) is 2.34. The zero-order valence-corrected chi connectivity index (χ0v) is 13.9. The SMILES string of the molecule is CCNCc1cccc(Cl)c1Oc1ccc(Br)c(C)c1. The molecule has 0 saturated carbocycles. The van der Waals surface area contributed by atoms with E-state index in [1.165, 1.54) is 0 Å². The Labute approximate surface area is 133 Å². The number of ether oxygens (including phenoxy) is 1. The van der Waals surface area contributed by atoms with Gasteiger partial charge in [-0.3, -0.25) is 0 Å². The van der Waals surface area contributed by atoms with Crippen LogP contribution in [-0.2, 0) is 6.54 Å². The molecule has 2 rings (SSSR count). The molecule has 1 N–H and O–H groups in total. The van der Waals surface area contributed by atoms with E-state index < -0.39 is 0 Å². The van der Waals surface area contributed by atoms with Gasteiger partial charge in [-0.1, -0.05) is 46.6 Å². The van der Waals surface area contributed by atoms with E-state index in [0.717, 1.165) is 40.2 Å². The van der Waals surface area contributed by atoms with Gasteiger partial charge < -0.3 is 10.1 Å². The Morgan fingerprint density at radius 3 is 2.75 bits per heavy atom. The van der Waals surface area contributed by atoms with Gasteiger partial charge in [-0.15, -0.1) is 0 Å². The van der Waals surface area contributed by atoms with Crippen molar-refractivity contribution in [2.75, 3.05) is 6.54 Å². The molecule has 2 nitrogen and oxygen atoms in total. The Morgan fingerprint density at radius 2 is 2.05 bits per heavy atom. The molecule has 0 amide bonds. The van der Waals surface area contributed by atoms with Gasteiger partial charge in [0.25, 0.3) is 0 Å². The smallest absolute Gasteiger partial charge is 0.150 e. The number of hydrogen-bond donors (Lipinski definition) is 1. The summed E-state index contributed by atoms with van der Waals surface area (Å²) < 4.78 is 7.05. The Bertz CT molecular complexity index is 601. The first-order valence-electron chi connectivity index (χ1n) is 6.54. The van der Waals surface area contributed by atoms with Crippen LogP contribution in [0.25, 0.3) is 0 Å². The lowest BCUT2D eigenvalue weighted by Gasteiger charge is -2.14. The number of benzene rings is 2. The summed E-state index contributed by atoms with van der Waals surface area (Å²) in [6.45, 7) is 5.75. The zero-order valence-electron chi connectivity index (χ0n) is 11.5. The Balaban J connectivity index is 2.29. The van der Waals surface area contributed by atoms with Gasteiger partial charge in [0, 0.05) is 16.6 Å². The summed E-state index contributed by atoms with van der Waals surface area (Å²) in [5.74, 6) is 1.51. The van der Waals surface area contributed by atoms with Crippen molar-refractivity contribution >= 4 is 27.5 Å². The molecule has 0 aliphatic heterocycles. The van der Waals surface area contributed by atoms with Gasteiger partial charge in [-0.05, 0) is 43.3 Å². The van der Waals surface area contributed by atoms with Gasteiger partial charge >= 0.3 is 0 Å². The molecule has 4 heteroatoms. The van der Waals surface area contributed by atoms with Gasteiger partial charge in [-0.2, -0.15) is 0 Å². The van der Waals surface area contributed by atoms with E-state index in [4.69, 9.17) is 16.3 Å². The van der Waals surface area contributed by atoms with Crippen molar-refractivity contribution in [3.05, 3.63) is 57.0 Å². The highest BCUT2D eigenvalue weighted by Crippen LogP contribution is 2.34. The molecule has 2 aromatic carbocycles. The van der Waals surface area contributed by atoms with Crippen molar-refractivity contribution < 1.29 is 4.74 Å². The summed E-state index contributed by atoms with van der Waals surface area (Å²) in [4.78, 5) is 0. The molecule has 0 atom stereocenters. The maximum atomic E-state index is 6.27. The van der Waals surface area contributed by atoms with Crippen LogP contribution in [0.4, 0.5) is 0 Å². The van der Waals surface area contributed by atoms with Crippen molar-refractivity contribution in [2.45, 2.75) is 20.4 Å². The predicted octanol–water partition coefficient (Wildman–Crippen LogP) is 5.31. The van der Waals surface area contributed by atoms with Gasteiger partial charge in [0.1, 0.15) is 11.5 Å². The van der Waals surface area contributed by atoms with Crippen molar-refractivity contribution in [3.63, 3.8) is 0 Å². The van der Waals surface area contributed by atoms with Gasteiger partial charge in [0.2, 0.25) is 0 Å². The molecule has 2 aromatic rings. The number of hydrogen-bond acceptors (Lipinski definition) is 2. The molecule has 0 aliphatic carbocycles. The summed E-state index contributed by atoms with van der Waals surface area (Å²) in [7, 11) is 0. The van der Waals surface area contributed by atoms with Crippen molar-refractivity contribution in [1.82, 2.24) is 5.32 Å². The quantitative estimate of drug-likeness (QED) is 0.785. The van der Waals surface area contributed by atoms with Crippen LogP contribution < -0.4 is 10.1 Å². The summed E-state index contributed by atoms with van der Waals surface area (Å²) >= 11 is 9.75.